The molecule has 0 unspecified atom stereocenters. The van der Waals surface area contributed by atoms with Gasteiger partial charge in [-0.3, -0.25) is 9.48 Å². The highest BCUT2D eigenvalue weighted by Gasteiger charge is 2.26. The van der Waals surface area contributed by atoms with Gasteiger partial charge in [0.1, 0.15) is 23.0 Å². The molecule has 11 heteroatoms. The molecule has 1 fully saturated rings. The van der Waals surface area contributed by atoms with Crippen molar-refractivity contribution in [1.82, 2.24) is 29.9 Å². The molecule has 1 amide bonds. The van der Waals surface area contributed by atoms with E-state index in [2.05, 4.69) is 30.5 Å². The summed E-state index contributed by atoms with van der Waals surface area (Å²) >= 11 is 0. The van der Waals surface area contributed by atoms with E-state index in [4.69, 9.17) is 9.47 Å². The zero-order valence-electron chi connectivity index (χ0n) is 21.0. The Kier molecular flexibility index (Phi) is 6.84. The number of hydrogen-bond donors (Lipinski definition) is 1. The molecule has 0 radical (unpaired) electrons. The molecule has 0 saturated carbocycles. The van der Waals surface area contributed by atoms with Crippen LogP contribution in [0.2, 0.25) is 0 Å². The predicted octanol–water partition coefficient (Wildman–Crippen LogP) is 3.00. The Balaban J connectivity index is 1.24. The highest BCUT2D eigenvalue weighted by atomic mass is 16.5. The van der Waals surface area contributed by atoms with Gasteiger partial charge in [-0.1, -0.05) is 6.07 Å². The van der Waals surface area contributed by atoms with Crippen LogP contribution in [0.4, 0.5) is 17.5 Å². The maximum absolute atomic E-state index is 13.4. The molecule has 1 aromatic carbocycles. The fourth-order valence-corrected chi connectivity index (χ4v) is 4.24. The zero-order valence-corrected chi connectivity index (χ0v) is 21.0. The summed E-state index contributed by atoms with van der Waals surface area (Å²) in [5.74, 6) is 3.38. The van der Waals surface area contributed by atoms with Crippen LogP contribution in [0.3, 0.4) is 0 Å². The fraction of sp³-hybridized carbons (Fsp3) is 0.269. The monoisotopic (exact) mass is 500 g/mol. The van der Waals surface area contributed by atoms with Gasteiger partial charge in [-0.05, 0) is 48.5 Å². The molecule has 37 heavy (non-hydrogen) atoms. The molecule has 0 bridgehead atoms. The van der Waals surface area contributed by atoms with Crippen molar-refractivity contribution in [3.8, 4) is 22.8 Å². The van der Waals surface area contributed by atoms with Gasteiger partial charge in [-0.25, -0.2) is 4.98 Å². The molecule has 5 rings (SSSR count). The van der Waals surface area contributed by atoms with Gasteiger partial charge in [0.15, 0.2) is 11.6 Å². The third-order valence-corrected chi connectivity index (χ3v) is 6.24. The van der Waals surface area contributed by atoms with E-state index >= 15 is 0 Å². The second-order valence-corrected chi connectivity index (χ2v) is 8.50. The molecule has 0 atom stereocenters. The van der Waals surface area contributed by atoms with Gasteiger partial charge in [-0.2, -0.15) is 5.10 Å². The van der Waals surface area contributed by atoms with E-state index in [1.54, 1.807) is 38.2 Å². The number of nitrogens with zero attached hydrogens (tertiary/aromatic N) is 7. The summed E-state index contributed by atoms with van der Waals surface area (Å²) in [4.78, 5) is 21.5. The SMILES string of the molecule is COc1ccc(OC)c(-c2cc(C(=O)N3CCN(c4ccc(Nc5ccccn5)nn4)CC3)n(C)n2)c1. The van der Waals surface area contributed by atoms with Gasteiger partial charge in [0, 0.05) is 45.0 Å². The average Bonchev–Trinajstić information content (AvgIpc) is 3.34. The lowest BCUT2D eigenvalue weighted by molar-refractivity contribution is 0.0735. The molecule has 1 saturated heterocycles. The quantitative estimate of drug-likeness (QED) is 0.409. The van der Waals surface area contributed by atoms with Crippen molar-refractivity contribution in [2.45, 2.75) is 0 Å². The number of methoxy groups -OCH3 is 2. The van der Waals surface area contributed by atoms with Crippen molar-refractivity contribution in [3.63, 3.8) is 0 Å². The molecular weight excluding hydrogens is 472 g/mol. The number of amides is 1. The average molecular weight is 501 g/mol. The number of nitrogens with one attached hydrogen (secondary N) is 1. The number of hydrogen-bond acceptors (Lipinski definition) is 9. The number of pyridine rings is 1. The first-order valence-electron chi connectivity index (χ1n) is 11.9. The minimum atomic E-state index is -0.0660. The number of aryl methyl sites for hydroxylation is 1. The van der Waals surface area contributed by atoms with E-state index in [9.17, 15) is 4.79 Å². The standard InChI is InChI=1S/C26H28N8O3/c1-32-21(17-20(31-32)19-16-18(36-2)7-8-22(19)37-3)26(35)34-14-12-33(13-15-34)25-10-9-24(29-30-25)28-23-6-4-5-11-27-23/h4-11,16-17H,12-15H2,1-3H3,(H,27,28,29). The van der Waals surface area contributed by atoms with Crippen LogP contribution in [-0.2, 0) is 7.05 Å². The highest BCUT2D eigenvalue weighted by Crippen LogP contribution is 2.33. The number of benzene rings is 1. The Morgan fingerprint density at radius 1 is 0.919 bits per heavy atom. The van der Waals surface area contributed by atoms with Crippen LogP contribution in [0.15, 0.2) is 60.8 Å². The van der Waals surface area contributed by atoms with Gasteiger partial charge in [0.2, 0.25) is 0 Å². The van der Waals surface area contributed by atoms with Crippen molar-refractivity contribution in [1.29, 1.82) is 0 Å². The first-order valence-corrected chi connectivity index (χ1v) is 11.9. The second kappa shape index (κ2) is 10.5. The summed E-state index contributed by atoms with van der Waals surface area (Å²) in [7, 11) is 4.99. The van der Waals surface area contributed by atoms with Crippen LogP contribution >= 0.6 is 0 Å². The Bertz CT molecular complexity index is 1370. The van der Waals surface area contributed by atoms with E-state index in [0.29, 0.717) is 60.7 Å². The number of anilines is 3. The zero-order chi connectivity index (χ0) is 25.8. The lowest BCUT2D eigenvalue weighted by atomic mass is 10.1. The number of ether oxygens (including phenoxy) is 2. The van der Waals surface area contributed by atoms with Crippen LogP contribution in [0.1, 0.15) is 10.5 Å². The van der Waals surface area contributed by atoms with Crippen molar-refractivity contribution < 1.29 is 14.3 Å². The normalized spacial score (nSPS) is 13.4. The van der Waals surface area contributed by atoms with Crippen molar-refractivity contribution >= 4 is 23.4 Å². The molecule has 3 aromatic heterocycles. The third-order valence-electron chi connectivity index (χ3n) is 6.24. The topological polar surface area (TPSA) is 111 Å². The van der Waals surface area contributed by atoms with E-state index in [-0.39, 0.29) is 5.91 Å². The summed E-state index contributed by atoms with van der Waals surface area (Å²) in [5, 5.41) is 16.3. The smallest absolute Gasteiger partial charge is 0.272 e. The van der Waals surface area contributed by atoms with Gasteiger partial charge in [-0.15, -0.1) is 10.2 Å². The van der Waals surface area contributed by atoms with Crippen LogP contribution < -0.4 is 19.7 Å². The maximum atomic E-state index is 13.4. The molecule has 1 aliphatic heterocycles. The van der Waals surface area contributed by atoms with E-state index in [0.717, 1.165) is 11.4 Å². The summed E-state index contributed by atoms with van der Waals surface area (Å²) in [6.07, 6.45) is 1.72. The minimum Gasteiger partial charge on any atom is -0.497 e. The van der Waals surface area contributed by atoms with Gasteiger partial charge >= 0.3 is 0 Å². The van der Waals surface area contributed by atoms with Crippen LogP contribution in [0, 0.1) is 0 Å². The molecule has 190 valence electrons. The molecule has 4 heterocycles. The molecule has 0 aliphatic carbocycles. The Hall–Kier alpha value is -4.67. The number of rotatable bonds is 7. The Morgan fingerprint density at radius 3 is 2.43 bits per heavy atom. The van der Waals surface area contributed by atoms with E-state index in [1.807, 2.05) is 53.4 Å². The van der Waals surface area contributed by atoms with Crippen molar-refractivity contribution in [2.75, 3.05) is 50.6 Å². The lowest BCUT2D eigenvalue weighted by Crippen LogP contribution is -2.49. The van der Waals surface area contributed by atoms with E-state index < -0.39 is 0 Å². The summed E-state index contributed by atoms with van der Waals surface area (Å²) in [6, 6.07) is 16.7. The van der Waals surface area contributed by atoms with Crippen molar-refractivity contribution in [3.05, 3.63) is 66.5 Å². The molecule has 1 N–H and O–H groups in total. The van der Waals surface area contributed by atoms with Gasteiger partial charge < -0.3 is 24.6 Å². The van der Waals surface area contributed by atoms with Crippen LogP contribution in [-0.4, -0.2) is 76.2 Å². The first-order chi connectivity index (χ1) is 18.1. The number of piperazine rings is 1. The van der Waals surface area contributed by atoms with Gasteiger partial charge in [0.05, 0.1) is 19.9 Å². The first kappa shape index (κ1) is 24.0. The summed E-state index contributed by atoms with van der Waals surface area (Å²) < 4.78 is 12.5. The molecular formula is C26H28N8O3. The Labute approximate surface area is 214 Å². The van der Waals surface area contributed by atoms with E-state index in [1.165, 1.54) is 0 Å². The minimum absolute atomic E-state index is 0.0660. The lowest BCUT2D eigenvalue weighted by Gasteiger charge is -2.35. The largest absolute Gasteiger partial charge is 0.497 e. The maximum Gasteiger partial charge on any atom is 0.272 e. The summed E-state index contributed by atoms with van der Waals surface area (Å²) in [5.41, 5.74) is 1.92. The van der Waals surface area contributed by atoms with Crippen LogP contribution in [0.5, 0.6) is 11.5 Å². The molecule has 4 aromatic rings. The third kappa shape index (κ3) is 5.15. The highest BCUT2D eigenvalue weighted by molar-refractivity contribution is 5.94. The van der Waals surface area contributed by atoms with Crippen molar-refractivity contribution in [2.24, 2.45) is 7.05 Å². The number of carbonyl (C=O) groups excluding carboxylic acids is 1. The second-order valence-electron chi connectivity index (χ2n) is 8.50. The number of aromatic nitrogens is 5. The predicted molar refractivity (Wildman–Crippen MR) is 139 cm³/mol. The molecule has 0 spiro atoms. The Morgan fingerprint density at radius 2 is 1.76 bits per heavy atom. The summed E-state index contributed by atoms with van der Waals surface area (Å²) in [6.45, 7) is 2.44. The molecule has 1 aliphatic rings. The number of carbonyl (C=O) groups is 1. The van der Waals surface area contributed by atoms with Gasteiger partial charge in [0.25, 0.3) is 5.91 Å². The molecule has 11 nitrogen and oxygen atoms in total. The van der Waals surface area contributed by atoms with Crippen LogP contribution in [0.25, 0.3) is 11.3 Å². The fourth-order valence-electron chi connectivity index (χ4n) is 4.24.